The molecule has 132 valence electrons. The third kappa shape index (κ3) is 3.19. The van der Waals surface area contributed by atoms with Crippen LogP contribution in [-0.2, 0) is 19.1 Å². The third-order valence-electron chi connectivity index (χ3n) is 3.83. The van der Waals surface area contributed by atoms with Gasteiger partial charge in [0.05, 0.1) is 17.6 Å². The summed E-state index contributed by atoms with van der Waals surface area (Å²) in [5.74, 6) is -6.23. The molecule has 6 nitrogen and oxygen atoms in total. The highest BCUT2D eigenvalue weighted by Crippen LogP contribution is 2.35. The van der Waals surface area contributed by atoms with E-state index in [0.29, 0.717) is 6.07 Å². The van der Waals surface area contributed by atoms with Gasteiger partial charge in [0.25, 0.3) is 11.7 Å². The van der Waals surface area contributed by atoms with Crippen LogP contribution in [0.25, 0.3) is 0 Å². The Morgan fingerprint density at radius 2 is 1.92 bits per heavy atom. The first-order valence-corrected chi connectivity index (χ1v) is 7.47. The number of hydrogen-bond acceptors (Lipinski definition) is 6. The molecule has 0 spiro atoms. The first-order valence-electron chi connectivity index (χ1n) is 7.47. The van der Waals surface area contributed by atoms with Gasteiger partial charge in [-0.3, -0.25) is 4.79 Å². The molecule has 0 aromatic heterocycles. The van der Waals surface area contributed by atoms with Gasteiger partial charge in [0.2, 0.25) is 0 Å². The van der Waals surface area contributed by atoms with Gasteiger partial charge in [0.1, 0.15) is 17.2 Å². The van der Waals surface area contributed by atoms with E-state index in [1.807, 2.05) is 0 Å². The van der Waals surface area contributed by atoms with Crippen molar-refractivity contribution >= 4 is 17.4 Å². The number of carbonyl (C=O) groups is 2. The number of carbonyl (C=O) groups excluding carboxylic acids is 2. The van der Waals surface area contributed by atoms with E-state index < -0.39 is 47.1 Å². The molecule has 0 fully saturated rings. The first kappa shape index (κ1) is 16.9. The number of cyclic esters (lactones) is 1. The molecule has 1 aromatic rings. The van der Waals surface area contributed by atoms with Gasteiger partial charge in [-0.15, -0.1) is 0 Å². The largest absolute Gasteiger partial charge is 0.480 e. The molecule has 2 aliphatic rings. The molecule has 1 aliphatic heterocycles. The summed E-state index contributed by atoms with van der Waals surface area (Å²) < 4.78 is 37.0. The standard InChI is InChI=1S/C17H15F2NO5/c1-17(2)24-15(22)14(16(23)25-17)13-11(5-6-12(13)21)20-10-4-3-8(18)7-9(10)19/h3-7,11,13,20,22H,1-2H3/t11-,13-/m1/s1. The minimum Gasteiger partial charge on any atom is -0.480 e. The average Bonchev–Trinajstić information content (AvgIpc) is 2.81. The second kappa shape index (κ2) is 5.87. The summed E-state index contributed by atoms with van der Waals surface area (Å²) in [4.78, 5) is 24.4. The van der Waals surface area contributed by atoms with Gasteiger partial charge in [0, 0.05) is 19.9 Å². The predicted molar refractivity (Wildman–Crippen MR) is 82.3 cm³/mol. The van der Waals surface area contributed by atoms with Gasteiger partial charge >= 0.3 is 5.97 Å². The number of benzene rings is 1. The zero-order valence-electron chi connectivity index (χ0n) is 13.4. The smallest absolute Gasteiger partial charge is 0.345 e. The van der Waals surface area contributed by atoms with E-state index in [2.05, 4.69) is 5.32 Å². The number of ether oxygens (including phenoxy) is 2. The number of anilines is 1. The summed E-state index contributed by atoms with van der Waals surface area (Å²) in [6.07, 6.45) is 2.63. The van der Waals surface area contributed by atoms with Crippen molar-refractivity contribution in [3.8, 4) is 0 Å². The predicted octanol–water partition coefficient (Wildman–Crippen LogP) is 2.58. The number of hydrogen-bond donors (Lipinski definition) is 2. The highest BCUT2D eigenvalue weighted by molar-refractivity contribution is 6.05. The van der Waals surface area contributed by atoms with Gasteiger partial charge < -0.3 is 19.9 Å². The van der Waals surface area contributed by atoms with Gasteiger partial charge in [0.15, 0.2) is 5.78 Å². The lowest BCUT2D eigenvalue weighted by Gasteiger charge is -2.33. The van der Waals surface area contributed by atoms with E-state index >= 15 is 0 Å². The van der Waals surface area contributed by atoms with Crippen LogP contribution in [0.15, 0.2) is 41.9 Å². The van der Waals surface area contributed by atoms with Gasteiger partial charge in [-0.05, 0) is 18.2 Å². The number of ketones is 1. The average molecular weight is 351 g/mol. The molecule has 0 amide bonds. The van der Waals surface area contributed by atoms with Crippen molar-refractivity contribution in [3.63, 3.8) is 0 Å². The van der Waals surface area contributed by atoms with Crippen LogP contribution in [0.5, 0.6) is 0 Å². The molecule has 0 unspecified atom stereocenters. The molecule has 0 radical (unpaired) electrons. The lowest BCUT2D eigenvalue weighted by atomic mass is 9.91. The van der Waals surface area contributed by atoms with Crippen LogP contribution in [0.2, 0.25) is 0 Å². The maximum absolute atomic E-state index is 13.8. The number of nitrogens with one attached hydrogen (secondary N) is 1. The minimum absolute atomic E-state index is 0.0544. The summed E-state index contributed by atoms with van der Waals surface area (Å²) in [5.41, 5.74) is -0.407. The zero-order chi connectivity index (χ0) is 18.4. The van der Waals surface area contributed by atoms with Crippen molar-refractivity contribution in [3.05, 3.63) is 53.5 Å². The molecule has 2 N–H and O–H groups in total. The molecular weight excluding hydrogens is 336 g/mol. The molecule has 0 saturated heterocycles. The Morgan fingerprint density at radius 1 is 1.20 bits per heavy atom. The first-order chi connectivity index (χ1) is 11.7. The molecule has 2 atom stereocenters. The molecule has 25 heavy (non-hydrogen) atoms. The van der Waals surface area contributed by atoms with Crippen LogP contribution in [0.3, 0.4) is 0 Å². The normalized spacial score (nSPS) is 25.0. The number of halogens is 2. The van der Waals surface area contributed by atoms with E-state index in [1.54, 1.807) is 0 Å². The fraction of sp³-hybridized carbons (Fsp3) is 0.294. The molecule has 8 heteroatoms. The number of aliphatic hydroxyl groups is 1. The van der Waals surface area contributed by atoms with Crippen LogP contribution < -0.4 is 5.32 Å². The molecule has 3 rings (SSSR count). The van der Waals surface area contributed by atoms with E-state index in [9.17, 15) is 23.5 Å². The SMILES string of the molecule is CC1(C)OC(=O)C([C@H]2C(=O)C=C[C@H]2Nc2ccc(F)cc2F)=C(O)O1. The van der Waals surface area contributed by atoms with Crippen molar-refractivity contribution in [2.45, 2.75) is 25.7 Å². The topological polar surface area (TPSA) is 84.9 Å². The number of aliphatic hydroxyl groups excluding tert-OH is 1. The fourth-order valence-electron chi connectivity index (χ4n) is 2.76. The van der Waals surface area contributed by atoms with E-state index in [1.165, 1.54) is 32.1 Å². The Labute approximate surface area is 141 Å². The van der Waals surface area contributed by atoms with Crippen LogP contribution >= 0.6 is 0 Å². The Bertz CT molecular complexity index is 815. The Hall–Kier alpha value is -2.90. The maximum Gasteiger partial charge on any atom is 0.345 e. The second-order valence-electron chi connectivity index (χ2n) is 6.14. The van der Waals surface area contributed by atoms with Gasteiger partial charge in [-0.1, -0.05) is 6.08 Å². The Balaban J connectivity index is 1.92. The lowest BCUT2D eigenvalue weighted by Crippen LogP contribution is -2.42. The molecular formula is C17H15F2NO5. The number of esters is 1. The second-order valence-corrected chi connectivity index (χ2v) is 6.14. The van der Waals surface area contributed by atoms with E-state index in [4.69, 9.17) is 9.47 Å². The molecule has 1 aliphatic carbocycles. The Kier molecular flexibility index (Phi) is 3.98. The maximum atomic E-state index is 13.8. The summed E-state index contributed by atoms with van der Waals surface area (Å²) in [6.45, 7) is 2.85. The summed E-state index contributed by atoms with van der Waals surface area (Å²) in [5, 5.41) is 12.8. The highest BCUT2D eigenvalue weighted by atomic mass is 19.1. The van der Waals surface area contributed by atoms with Crippen molar-refractivity contribution in [2.24, 2.45) is 5.92 Å². The van der Waals surface area contributed by atoms with Crippen LogP contribution in [-0.4, -0.2) is 28.7 Å². The van der Waals surface area contributed by atoms with Gasteiger partial charge in [-0.25, -0.2) is 13.6 Å². The van der Waals surface area contributed by atoms with E-state index in [-0.39, 0.29) is 11.3 Å². The van der Waals surface area contributed by atoms with E-state index in [0.717, 1.165) is 6.07 Å². The Morgan fingerprint density at radius 3 is 2.56 bits per heavy atom. The number of allylic oxidation sites excluding steroid dienone is 1. The highest BCUT2D eigenvalue weighted by Gasteiger charge is 2.46. The lowest BCUT2D eigenvalue weighted by molar-refractivity contribution is -0.223. The number of rotatable bonds is 3. The third-order valence-corrected chi connectivity index (χ3v) is 3.83. The monoisotopic (exact) mass is 351 g/mol. The van der Waals surface area contributed by atoms with Gasteiger partial charge in [-0.2, -0.15) is 0 Å². The van der Waals surface area contributed by atoms with Crippen molar-refractivity contribution in [2.75, 3.05) is 5.32 Å². The molecule has 0 saturated carbocycles. The van der Waals surface area contributed by atoms with Crippen LogP contribution in [0, 0.1) is 17.6 Å². The summed E-state index contributed by atoms with van der Waals surface area (Å²) in [7, 11) is 0. The minimum atomic E-state index is -1.37. The zero-order valence-corrected chi connectivity index (χ0v) is 13.4. The fourth-order valence-corrected chi connectivity index (χ4v) is 2.76. The quantitative estimate of drug-likeness (QED) is 0.815. The van der Waals surface area contributed by atoms with Crippen molar-refractivity contribution < 1.29 is 33.0 Å². The summed E-state index contributed by atoms with van der Waals surface area (Å²) in [6, 6.07) is 2.07. The summed E-state index contributed by atoms with van der Waals surface area (Å²) >= 11 is 0. The van der Waals surface area contributed by atoms with Crippen LogP contribution in [0.1, 0.15) is 13.8 Å². The molecule has 1 aromatic carbocycles. The molecule has 1 heterocycles. The molecule has 0 bridgehead atoms. The van der Waals surface area contributed by atoms with Crippen LogP contribution in [0.4, 0.5) is 14.5 Å². The van der Waals surface area contributed by atoms with Crippen molar-refractivity contribution in [1.82, 2.24) is 0 Å². The van der Waals surface area contributed by atoms with Crippen molar-refractivity contribution in [1.29, 1.82) is 0 Å².